The van der Waals surface area contributed by atoms with E-state index in [1.807, 2.05) is 13.8 Å². The Labute approximate surface area is 212 Å². The van der Waals surface area contributed by atoms with Crippen LogP contribution >= 0.6 is 22.9 Å². The van der Waals surface area contributed by atoms with Crippen LogP contribution in [0.5, 0.6) is 5.75 Å². The highest BCUT2D eigenvalue weighted by molar-refractivity contribution is 7.18. The molecule has 2 aromatic heterocycles. The number of thiophene rings is 1. The Bertz CT molecular complexity index is 1230. The molecule has 1 amide bonds. The quantitative estimate of drug-likeness (QED) is 0.318. The number of benzene rings is 1. The van der Waals surface area contributed by atoms with Gasteiger partial charge in [-0.1, -0.05) is 18.5 Å². The van der Waals surface area contributed by atoms with E-state index in [4.69, 9.17) is 30.2 Å². The van der Waals surface area contributed by atoms with Gasteiger partial charge in [-0.05, 0) is 68.7 Å². The zero-order valence-electron chi connectivity index (χ0n) is 19.9. The summed E-state index contributed by atoms with van der Waals surface area (Å²) < 4.78 is 21.7. The molecule has 0 bridgehead atoms. The molecule has 10 heteroatoms. The van der Waals surface area contributed by atoms with Crippen molar-refractivity contribution >= 4 is 45.8 Å². The van der Waals surface area contributed by atoms with E-state index in [0.29, 0.717) is 28.5 Å². The van der Waals surface area contributed by atoms with E-state index in [2.05, 4.69) is 5.32 Å². The standard InChI is InChI=1S/C25H26ClNO7S/c1-5-11-32-24(29)20-15(4)21(25(30)31-6-2)35-23(20)27-22(28)19-10-8-17(34-19)13-33-18-9-7-16(26)12-14(18)3/h7-10,12H,5-6,11,13H2,1-4H3,(H,27,28). The summed E-state index contributed by atoms with van der Waals surface area (Å²) >= 11 is 6.92. The Kier molecular flexibility index (Phi) is 8.95. The molecule has 35 heavy (non-hydrogen) atoms. The van der Waals surface area contributed by atoms with Crippen LogP contribution in [0.4, 0.5) is 5.00 Å². The summed E-state index contributed by atoms with van der Waals surface area (Å²) in [5.74, 6) is -0.685. The third-order valence-electron chi connectivity index (χ3n) is 4.87. The van der Waals surface area contributed by atoms with E-state index in [1.54, 1.807) is 38.1 Å². The van der Waals surface area contributed by atoms with Gasteiger partial charge in [0, 0.05) is 5.02 Å². The van der Waals surface area contributed by atoms with Crippen molar-refractivity contribution in [1.82, 2.24) is 0 Å². The summed E-state index contributed by atoms with van der Waals surface area (Å²) in [6.07, 6.45) is 0.633. The van der Waals surface area contributed by atoms with Crippen molar-refractivity contribution in [3.8, 4) is 5.75 Å². The van der Waals surface area contributed by atoms with Crippen molar-refractivity contribution in [3.63, 3.8) is 0 Å². The lowest BCUT2D eigenvalue weighted by Crippen LogP contribution is -2.14. The highest BCUT2D eigenvalue weighted by Crippen LogP contribution is 2.35. The molecule has 0 spiro atoms. The number of furan rings is 1. The molecule has 3 aromatic rings. The maximum absolute atomic E-state index is 12.9. The summed E-state index contributed by atoms with van der Waals surface area (Å²) in [4.78, 5) is 38.1. The average Bonchev–Trinajstić information content (AvgIpc) is 3.41. The van der Waals surface area contributed by atoms with Gasteiger partial charge in [-0.2, -0.15) is 0 Å². The molecule has 1 aromatic carbocycles. The van der Waals surface area contributed by atoms with Crippen LogP contribution < -0.4 is 10.1 Å². The van der Waals surface area contributed by atoms with E-state index in [9.17, 15) is 14.4 Å². The number of nitrogens with one attached hydrogen (secondary N) is 1. The minimum absolute atomic E-state index is 0.0213. The number of ether oxygens (including phenoxy) is 3. The van der Waals surface area contributed by atoms with Crippen LogP contribution in [-0.4, -0.2) is 31.1 Å². The van der Waals surface area contributed by atoms with Gasteiger partial charge in [0.25, 0.3) is 5.91 Å². The van der Waals surface area contributed by atoms with Gasteiger partial charge in [0.2, 0.25) is 0 Å². The van der Waals surface area contributed by atoms with Crippen molar-refractivity contribution in [3.05, 3.63) is 68.4 Å². The number of hydrogen-bond acceptors (Lipinski definition) is 8. The van der Waals surface area contributed by atoms with Gasteiger partial charge in [0.05, 0.1) is 18.8 Å². The molecule has 8 nitrogen and oxygen atoms in total. The van der Waals surface area contributed by atoms with Gasteiger partial charge in [0.15, 0.2) is 5.76 Å². The number of rotatable bonds is 10. The van der Waals surface area contributed by atoms with Crippen LogP contribution in [0.1, 0.15) is 67.7 Å². The van der Waals surface area contributed by atoms with Gasteiger partial charge in [-0.3, -0.25) is 4.79 Å². The average molecular weight is 520 g/mol. The molecule has 0 aliphatic heterocycles. The van der Waals surface area contributed by atoms with E-state index in [-0.39, 0.29) is 41.0 Å². The van der Waals surface area contributed by atoms with Crippen molar-refractivity contribution in [2.45, 2.75) is 40.7 Å². The Morgan fingerprint density at radius 3 is 2.51 bits per heavy atom. The SMILES string of the molecule is CCCOC(=O)c1c(NC(=O)c2ccc(COc3ccc(Cl)cc3C)o2)sc(C(=O)OCC)c1C. The molecule has 0 radical (unpaired) electrons. The van der Waals surface area contributed by atoms with Gasteiger partial charge in [0.1, 0.15) is 28.0 Å². The second-order valence-corrected chi connectivity index (χ2v) is 8.99. The molecule has 1 N–H and O–H groups in total. The molecule has 0 fully saturated rings. The number of anilines is 1. The molecule has 186 valence electrons. The zero-order valence-corrected chi connectivity index (χ0v) is 21.4. The van der Waals surface area contributed by atoms with E-state index in [0.717, 1.165) is 16.9 Å². The zero-order chi connectivity index (χ0) is 25.5. The van der Waals surface area contributed by atoms with Gasteiger partial charge in [-0.25, -0.2) is 9.59 Å². The summed E-state index contributed by atoms with van der Waals surface area (Å²) in [5, 5.41) is 3.46. The molecule has 0 atom stereocenters. The minimum Gasteiger partial charge on any atom is -0.485 e. The Morgan fingerprint density at radius 2 is 1.83 bits per heavy atom. The van der Waals surface area contributed by atoms with Crippen molar-refractivity contribution in [1.29, 1.82) is 0 Å². The fourth-order valence-electron chi connectivity index (χ4n) is 3.17. The number of carbonyl (C=O) groups excluding carboxylic acids is 3. The largest absolute Gasteiger partial charge is 0.485 e. The first kappa shape index (κ1) is 26.3. The van der Waals surface area contributed by atoms with Crippen LogP contribution in [0.15, 0.2) is 34.7 Å². The van der Waals surface area contributed by atoms with Gasteiger partial charge in [-0.15, -0.1) is 11.3 Å². The molecule has 0 aliphatic rings. The maximum atomic E-state index is 12.9. The summed E-state index contributed by atoms with van der Waals surface area (Å²) in [7, 11) is 0. The Balaban J connectivity index is 1.77. The van der Waals surface area contributed by atoms with Crippen LogP contribution in [0.3, 0.4) is 0 Å². The lowest BCUT2D eigenvalue weighted by molar-refractivity contribution is 0.0506. The summed E-state index contributed by atoms with van der Waals surface area (Å²) in [5.41, 5.74) is 1.37. The Morgan fingerprint density at radius 1 is 1.06 bits per heavy atom. The molecular weight excluding hydrogens is 494 g/mol. The van der Waals surface area contributed by atoms with Crippen LogP contribution in [0, 0.1) is 13.8 Å². The normalized spacial score (nSPS) is 10.7. The molecule has 0 unspecified atom stereocenters. The number of amides is 1. The fourth-order valence-corrected chi connectivity index (χ4v) is 4.48. The number of aryl methyl sites for hydroxylation is 1. The predicted octanol–water partition coefficient (Wildman–Crippen LogP) is 6.19. The maximum Gasteiger partial charge on any atom is 0.348 e. The molecule has 3 rings (SSSR count). The number of halogens is 1. The van der Waals surface area contributed by atoms with E-state index < -0.39 is 17.8 Å². The molecule has 0 saturated carbocycles. The lowest BCUT2D eigenvalue weighted by Gasteiger charge is -2.08. The first-order valence-electron chi connectivity index (χ1n) is 11.0. The highest BCUT2D eigenvalue weighted by Gasteiger charge is 2.28. The summed E-state index contributed by atoms with van der Waals surface area (Å²) in [6.45, 7) is 7.54. The third kappa shape index (κ3) is 6.43. The Hall–Kier alpha value is -3.30. The number of esters is 2. The first-order chi connectivity index (χ1) is 16.7. The third-order valence-corrected chi connectivity index (χ3v) is 6.29. The minimum atomic E-state index is -0.627. The number of carbonyl (C=O) groups is 3. The monoisotopic (exact) mass is 519 g/mol. The van der Waals surface area contributed by atoms with E-state index in [1.165, 1.54) is 6.07 Å². The second kappa shape index (κ2) is 11.9. The van der Waals surface area contributed by atoms with Crippen LogP contribution in [0.25, 0.3) is 0 Å². The molecular formula is C25H26ClNO7S. The lowest BCUT2D eigenvalue weighted by atomic mass is 10.1. The van der Waals surface area contributed by atoms with Crippen LogP contribution in [-0.2, 0) is 16.1 Å². The van der Waals surface area contributed by atoms with Crippen LogP contribution in [0.2, 0.25) is 5.02 Å². The number of hydrogen-bond donors (Lipinski definition) is 1. The predicted molar refractivity (Wildman–Crippen MR) is 133 cm³/mol. The highest BCUT2D eigenvalue weighted by atomic mass is 35.5. The smallest absolute Gasteiger partial charge is 0.348 e. The van der Waals surface area contributed by atoms with Gasteiger partial charge < -0.3 is 23.9 Å². The fraction of sp³-hybridized carbons (Fsp3) is 0.320. The molecule has 0 saturated heterocycles. The second-order valence-electron chi connectivity index (χ2n) is 7.54. The van der Waals surface area contributed by atoms with Gasteiger partial charge >= 0.3 is 11.9 Å². The van der Waals surface area contributed by atoms with Crippen molar-refractivity contribution < 1.29 is 33.0 Å². The van der Waals surface area contributed by atoms with Crippen molar-refractivity contribution in [2.75, 3.05) is 18.5 Å². The molecule has 0 aliphatic carbocycles. The topological polar surface area (TPSA) is 104 Å². The molecule has 2 heterocycles. The van der Waals surface area contributed by atoms with Crippen molar-refractivity contribution in [2.24, 2.45) is 0 Å². The summed E-state index contributed by atoms with van der Waals surface area (Å²) in [6, 6.07) is 8.40. The first-order valence-corrected chi connectivity index (χ1v) is 12.2. The van der Waals surface area contributed by atoms with E-state index >= 15 is 0 Å².